The molecule has 0 radical (unpaired) electrons. The van der Waals surface area contributed by atoms with E-state index in [1.54, 1.807) is 0 Å². The fourth-order valence-corrected chi connectivity index (χ4v) is 1.04. The zero-order chi connectivity index (χ0) is 10.2. The number of hydrogen-bond donors (Lipinski definition) is 3. The second kappa shape index (κ2) is 6.23. The molecule has 0 saturated carbocycles. The Balaban J connectivity index is 2.15. The molecule has 0 aliphatic heterocycles. The van der Waals surface area contributed by atoms with Crippen LogP contribution in [0, 0.1) is 0 Å². The van der Waals surface area contributed by atoms with Gasteiger partial charge in [0.15, 0.2) is 0 Å². The summed E-state index contributed by atoms with van der Waals surface area (Å²) >= 11 is 0. The maximum atomic E-state index is 8.45. The van der Waals surface area contributed by atoms with Gasteiger partial charge in [0, 0.05) is 17.9 Å². The molecule has 0 fully saturated rings. The zero-order valence-corrected chi connectivity index (χ0v) is 8.07. The van der Waals surface area contributed by atoms with Crippen LogP contribution < -0.4 is 11.1 Å². The van der Waals surface area contributed by atoms with Gasteiger partial charge < -0.3 is 20.9 Å². The number of anilines is 2. The smallest absolute Gasteiger partial charge is 0.0698 e. The average Bonchev–Trinajstić information content (AvgIpc) is 2.21. The Morgan fingerprint density at radius 2 is 1.93 bits per heavy atom. The first-order valence-corrected chi connectivity index (χ1v) is 4.61. The Morgan fingerprint density at radius 3 is 2.57 bits per heavy atom. The van der Waals surface area contributed by atoms with Crippen LogP contribution in [0.4, 0.5) is 11.4 Å². The standard InChI is InChI=1S/C10H16N2O2/c11-9-1-3-10(4-2-9)12-5-7-14-8-6-13/h1-4,12-13H,5-8,11H2. The summed E-state index contributed by atoms with van der Waals surface area (Å²) in [6, 6.07) is 7.52. The lowest BCUT2D eigenvalue weighted by molar-refractivity contribution is 0.0992. The highest BCUT2D eigenvalue weighted by Crippen LogP contribution is 2.09. The summed E-state index contributed by atoms with van der Waals surface area (Å²) in [4.78, 5) is 0. The first kappa shape index (κ1) is 10.8. The van der Waals surface area contributed by atoms with E-state index in [-0.39, 0.29) is 6.61 Å². The van der Waals surface area contributed by atoms with Crippen molar-refractivity contribution in [3.63, 3.8) is 0 Å². The van der Waals surface area contributed by atoms with Gasteiger partial charge in [-0.05, 0) is 24.3 Å². The SMILES string of the molecule is Nc1ccc(NCCOCCO)cc1. The largest absolute Gasteiger partial charge is 0.399 e. The predicted molar refractivity (Wildman–Crippen MR) is 57.2 cm³/mol. The number of hydrogen-bond acceptors (Lipinski definition) is 4. The van der Waals surface area contributed by atoms with Crippen LogP contribution in [-0.2, 0) is 4.74 Å². The molecule has 78 valence electrons. The van der Waals surface area contributed by atoms with E-state index in [1.165, 1.54) is 0 Å². The van der Waals surface area contributed by atoms with E-state index in [4.69, 9.17) is 15.6 Å². The maximum Gasteiger partial charge on any atom is 0.0698 e. The summed E-state index contributed by atoms with van der Waals surface area (Å²) < 4.78 is 5.09. The zero-order valence-electron chi connectivity index (χ0n) is 8.07. The number of aliphatic hydroxyl groups is 1. The van der Waals surface area contributed by atoms with Crippen molar-refractivity contribution in [2.75, 3.05) is 37.4 Å². The quantitative estimate of drug-likeness (QED) is 0.462. The van der Waals surface area contributed by atoms with Crippen molar-refractivity contribution in [3.05, 3.63) is 24.3 Å². The Labute approximate surface area is 83.7 Å². The van der Waals surface area contributed by atoms with Gasteiger partial charge in [-0.15, -0.1) is 0 Å². The molecule has 0 aromatic heterocycles. The van der Waals surface area contributed by atoms with Gasteiger partial charge in [-0.2, -0.15) is 0 Å². The molecule has 0 heterocycles. The summed E-state index contributed by atoms with van der Waals surface area (Å²) in [5.41, 5.74) is 7.32. The number of benzene rings is 1. The maximum absolute atomic E-state index is 8.45. The molecular formula is C10H16N2O2. The fourth-order valence-electron chi connectivity index (χ4n) is 1.04. The first-order chi connectivity index (χ1) is 6.83. The van der Waals surface area contributed by atoms with E-state index in [9.17, 15) is 0 Å². The van der Waals surface area contributed by atoms with Gasteiger partial charge >= 0.3 is 0 Å². The Morgan fingerprint density at radius 1 is 1.21 bits per heavy atom. The molecule has 0 bridgehead atoms. The lowest BCUT2D eigenvalue weighted by Gasteiger charge is -2.06. The van der Waals surface area contributed by atoms with Gasteiger partial charge in [-0.3, -0.25) is 0 Å². The number of rotatable bonds is 6. The van der Waals surface area contributed by atoms with Crippen LogP contribution >= 0.6 is 0 Å². The normalized spacial score (nSPS) is 10.1. The third kappa shape index (κ3) is 4.11. The molecule has 0 aliphatic carbocycles. The van der Waals surface area contributed by atoms with Gasteiger partial charge in [-0.1, -0.05) is 0 Å². The van der Waals surface area contributed by atoms with E-state index in [1.807, 2.05) is 24.3 Å². The van der Waals surface area contributed by atoms with Gasteiger partial charge in [0.25, 0.3) is 0 Å². The molecule has 0 atom stereocenters. The molecule has 0 amide bonds. The second-order valence-electron chi connectivity index (χ2n) is 2.88. The number of aliphatic hydroxyl groups excluding tert-OH is 1. The van der Waals surface area contributed by atoms with Crippen LogP contribution in [0.2, 0.25) is 0 Å². The molecular weight excluding hydrogens is 180 g/mol. The average molecular weight is 196 g/mol. The summed E-state index contributed by atoms with van der Waals surface area (Å²) in [6.07, 6.45) is 0. The molecule has 0 spiro atoms. The lowest BCUT2D eigenvalue weighted by atomic mass is 10.3. The number of ether oxygens (including phenoxy) is 1. The number of nitrogens with one attached hydrogen (secondary N) is 1. The topological polar surface area (TPSA) is 67.5 Å². The van der Waals surface area contributed by atoms with Crippen molar-refractivity contribution in [1.82, 2.24) is 0 Å². The summed E-state index contributed by atoms with van der Waals surface area (Å²) in [5.74, 6) is 0. The lowest BCUT2D eigenvalue weighted by Crippen LogP contribution is -2.11. The molecule has 4 heteroatoms. The minimum absolute atomic E-state index is 0.0713. The highest BCUT2D eigenvalue weighted by molar-refractivity contribution is 5.51. The fraction of sp³-hybridized carbons (Fsp3) is 0.400. The molecule has 0 unspecified atom stereocenters. The molecule has 14 heavy (non-hydrogen) atoms. The molecule has 4 nitrogen and oxygen atoms in total. The molecule has 0 saturated heterocycles. The minimum Gasteiger partial charge on any atom is -0.399 e. The van der Waals surface area contributed by atoms with E-state index in [0.29, 0.717) is 13.2 Å². The molecule has 1 aromatic carbocycles. The second-order valence-corrected chi connectivity index (χ2v) is 2.88. The Kier molecular flexibility index (Phi) is 4.82. The van der Waals surface area contributed by atoms with Crippen molar-refractivity contribution >= 4 is 11.4 Å². The van der Waals surface area contributed by atoms with Crippen LogP contribution in [0.5, 0.6) is 0 Å². The summed E-state index contributed by atoms with van der Waals surface area (Å²) in [5, 5.41) is 11.6. The number of nitrogen functional groups attached to an aromatic ring is 1. The third-order valence-corrected chi connectivity index (χ3v) is 1.72. The molecule has 4 N–H and O–H groups in total. The van der Waals surface area contributed by atoms with Crippen molar-refractivity contribution in [3.8, 4) is 0 Å². The van der Waals surface area contributed by atoms with Crippen LogP contribution in [0.1, 0.15) is 0 Å². The molecule has 0 aliphatic rings. The van der Waals surface area contributed by atoms with Crippen molar-refractivity contribution < 1.29 is 9.84 Å². The highest BCUT2D eigenvalue weighted by atomic mass is 16.5. The summed E-state index contributed by atoms with van der Waals surface area (Å²) in [7, 11) is 0. The molecule has 1 rings (SSSR count). The Bertz CT molecular complexity index is 249. The van der Waals surface area contributed by atoms with Crippen LogP contribution in [-0.4, -0.2) is 31.5 Å². The molecule has 1 aromatic rings. The highest BCUT2D eigenvalue weighted by Gasteiger charge is 1.91. The number of nitrogens with two attached hydrogens (primary N) is 1. The van der Waals surface area contributed by atoms with Gasteiger partial charge in [0.1, 0.15) is 0 Å². The first-order valence-electron chi connectivity index (χ1n) is 4.61. The van der Waals surface area contributed by atoms with Crippen molar-refractivity contribution in [2.24, 2.45) is 0 Å². The monoisotopic (exact) mass is 196 g/mol. The van der Waals surface area contributed by atoms with E-state index in [2.05, 4.69) is 5.32 Å². The van der Waals surface area contributed by atoms with Gasteiger partial charge in [0.05, 0.1) is 19.8 Å². The van der Waals surface area contributed by atoms with Gasteiger partial charge in [0.2, 0.25) is 0 Å². The van der Waals surface area contributed by atoms with Crippen LogP contribution in [0.25, 0.3) is 0 Å². The van der Waals surface area contributed by atoms with E-state index in [0.717, 1.165) is 17.9 Å². The Hall–Kier alpha value is -1.26. The summed E-state index contributed by atoms with van der Waals surface area (Å²) in [6.45, 7) is 1.78. The van der Waals surface area contributed by atoms with Gasteiger partial charge in [-0.25, -0.2) is 0 Å². The van der Waals surface area contributed by atoms with Crippen LogP contribution in [0.3, 0.4) is 0 Å². The van der Waals surface area contributed by atoms with Crippen molar-refractivity contribution in [2.45, 2.75) is 0 Å². The third-order valence-electron chi connectivity index (χ3n) is 1.72. The van der Waals surface area contributed by atoms with Crippen LogP contribution in [0.15, 0.2) is 24.3 Å². The van der Waals surface area contributed by atoms with Crippen molar-refractivity contribution in [1.29, 1.82) is 0 Å². The van der Waals surface area contributed by atoms with E-state index >= 15 is 0 Å². The van der Waals surface area contributed by atoms with E-state index < -0.39 is 0 Å². The predicted octanol–water partition coefficient (Wildman–Crippen LogP) is 0.690. The minimum atomic E-state index is 0.0713.